The molecule has 1 aromatic carbocycles. The van der Waals surface area contributed by atoms with E-state index in [2.05, 4.69) is 11.8 Å². The Morgan fingerprint density at radius 2 is 2.06 bits per heavy atom. The number of amides is 1. The largest absolute Gasteiger partial charge is 0.452 e. The van der Waals surface area contributed by atoms with Crippen LogP contribution in [0.2, 0.25) is 0 Å². The molecule has 1 aromatic rings. The maximum absolute atomic E-state index is 11.5. The maximum Gasteiger partial charge on any atom is 0.414 e. The zero-order valence-corrected chi connectivity index (χ0v) is 10.0. The van der Waals surface area contributed by atoms with Crippen LogP contribution in [0.3, 0.4) is 0 Å². The molecule has 90 valence electrons. The van der Waals surface area contributed by atoms with Gasteiger partial charge in [-0.1, -0.05) is 36.1 Å². The number of nitrogens with zero attached hydrogens (tertiary/aromatic N) is 1. The highest BCUT2D eigenvalue weighted by Crippen LogP contribution is 2.09. The first-order valence-electron chi connectivity index (χ1n) is 5.59. The molecule has 0 aromatic heterocycles. The summed E-state index contributed by atoms with van der Waals surface area (Å²) in [5.74, 6) is 6.08. The van der Waals surface area contributed by atoms with Crippen LogP contribution in [0, 0.1) is 11.8 Å². The molecule has 18 heavy (non-hydrogen) atoms. The lowest BCUT2D eigenvalue weighted by Crippen LogP contribution is -2.35. The summed E-state index contributed by atoms with van der Waals surface area (Å²) in [4.78, 5) is 13.0. The molecule has 1 unspecified atom stereocenters. The number of carbonyl (C=O) groups excluding carboxylic acids is 1. The molecule has 0 spiro atoms. The Morgan fingerprint density at radius 1 is 1.28 bits per heavy atom. The lowest BCUT2D eigenvalue weighted by molar-refractivity contribution is 0.137. The summed E-state index contributed by atoms with van der Waals surface area (Å²) in [6.45, 7) is 0. The Morgan fingerprint density at radius 3 is 2.78 bits per heavy atom. The highest BCUT2D eigenvalue weighted by Gasteiger charge is 2.19. The molecule has 0 bridgehead atoms. The minimum absolute atomic E-state index is 0.289. The summed E-state index contributed by atoms with van der Waals surface area (Å²) in [6, 6.07) is 9.37. The quantitative estimate of drug-likeness (QED) is 0.651. The second kappa shape index (κ2) is 5.74. The fourth-order valence-electron chi connectivity index (χ4n) is 1.57. The summed E-state index contributed by atoms with van der Waals surface area (Å²) in [7, 11) is 1.36. The molecular weight excluding hydrogens is 226 g/mol. The van der Waals surface area contributed by atoms with Crippen LogP contribution in [0.5, 0.6) is 0 Å². The van der Waals surface area contributed by atoms with Crippen LogP contribution in [0.4, 0.5) is 4.79 Å². The number of carbonyl (C=O) groups is 1. The van der Waals surface area contributed by atoms with Gasteiger partial charge in [-0.05, 0) is 24.3 Å². The number of ether oxygens (including phenoxy) is 1. The van der Waals surface area contributed by atoms with Crippen molar-refractivity contribution in [3.63, 3.8) is 0 Å². The van der Waals surface area contributed by atoms with E-state index in [1.165, 1.54) is 12.0 Å². The van der Waals surface area contributed by atoms with E-state index >= 15 is 0 Å². The number of allylic oxidation sites excluding steroid dienone is 2. The van der Waals surface area contributed by atoms with Crippen LogP contribution in [-0.4, -0.2) is 24.1 Å². The third kappa shape index (κ3) is 2.80. The van der Waals surface area contributed by atoms with Gasteiger partial charge in [0.1, 0.15) is 6.04 Å². The van der Waals surface area contributed by atoms with E-state index < -0.39 is 6.09 Å². The van der Waals surface area contributed by atoms with E-state index in [1.807, 2.05) is 42.5 Å². The van der Waals surface area contributed by atoms with Crippen molar-refractivity contribution in [2.75, 3.05) is 7.11 Å². The van der Waals surface area contributed by atoms with Gasteiger partial charge in [0.2, 0.25) is 0 Å². The van der Waals surface area contributed by atoms with E-state index in [0.29, 0.717) is 0 Å². The third-order valence-electron chi connectivity index (χ3n) is 2.47. The van der Waals surface area contributed by atoms with Gasteiger partial charge >= 0.3 is 6.09 Å². The first kappa shape index (κ1) is 12.0. The molecule has 0 fully saturated rings. The van der Waals surface area contributed by atoms with Crippen molar-refractivity contribution >= 4 is 6.09 Å². The van der Waals surface area contributed by atoms with E-state index in [4.69, 9.17) is 4.74 Å². The lowest BCUT2D eigenvalue weighted by Gasteiger charge is -2.22. The van der Waals surface area contributed by atoms with Gasteiger partial charge in [0.15, 0.2) is 0 Å². The number of benzene rings is 1. The van der Waals surface area contributed by atoms with Gasteiger partial charge in [-0.25, -0.2) is 4.79 Å². The van der Waals surface area contributed by atoms with Gasteiger partial charge in [-0.15, -0.1) is 0 Å². The van der Waals surface area contributed by atoms with Gasteiger partial charge in [-0.3, -0.25) is 4.90 Å². The molecule has 1 aliphatic heterocycles. The topological polar surface area (TPSA) is 29.5 Å². The summed E-state index contributed by atoms with van der Waals surface area (Å²) in [5.41, 5.74) is 0.922. The number of rotatable bonds is 0. The van der Waals surface area contributed by atoms with Crippen LogP contribution >= 0.6 is 0 Å². The lowest BCUT2D eigenvalue weighted by atomic mass is 10.1. The molecule has 0 saturated heterocycles. The molecule has 1 aliphatic rings. The van der Waals surface area contributed by atoms with Crippen LogP contribution < -0.4 is 0 Å². The Bertz CT molecular complexity index is 535. The van der Waals surface area contributed by atoms with Crippen molar-refractivity contribution in [1.29, 1.82) is 0 Å². The van der Waals surface area contributed by atoms with E-state index in [9.17, 15) is 4.79 Å². The predicted octanol–water partition coefficient (Wildman–Crippen LogP) is 2.56. The number of hydrogen-bond acceptors (Lipinski definition) is 2. The molecule has 3 heteroatoms. The minimum Gasteiger partial charge on any atom is -0.452 e. The minimum atomic E-state index is -0.414. The average molecular weight is 239 g/mol. The first-order chi connectivity index (χ1) is 8.81. The van der Waals surface area contributed by atoms with Gasteiger partial charge in [0.25, 0.3) is 0 Å². The standard InChI is InChI=1S/C15H13NO2/c1-18-15(17)16-12-6-5-9-14(16)11-10-13-7-3-2-4-8-13/h2-9,12,14H,1H3. The van der Waals surface area contributed by atoms with Gasteiger partial charge < -0.3 is 4.74 Å². The number of methoxy groups -OCH3 is 1. The molecule has 0 aliphatic carbocycles. The molecule has 3 nitrogen and oxygen atoms in total. The molecule has 1 heterocycles. The second-order valence-electron chi connectivity index (χ2n) is 3.68. The molecule has 2 rings (SSSR count). The normalized spacial score (nSPS) is 16.9. The van der Waals surface area contributed by atoms with Crippen LogP contribution in [0.25, 0.3) is 0 Å². The van der Waals surface area contributed by atoms with Gasteiger partial charge in [0.05, 0.1) is 7.11 Å². The van der Waals surface area contributed by atoms with Crippen molar-refractivity contribution in [2.24, 2.45) is 0 Å². The molecular formula is C15H13NO2. The number of hydrogen-bond donors (Lipinski definition) is 0. The SMILES string of the molecule is COC(=O)N1C=CC=CC1C#Cc1ccccc1. The molecule has 0 saturated carbocycles. The van der Waals surface area contributed by atoms with Crippen molar-refractivity contribution in [3.8, 4) is 11.8 Å². The fraction of sp³-hybridized carbons (Fsp3) is 0.133. The predicted molar refractivity (Wildman–Crippen MR) is 69.6 cm³/mol. The highest BCUT2D eigenvalue weighted by atomic mass is 16.5. The Hall–Kier alpha value is -2.47. The van der Waals surface area contributed by atoms with Crippen molar-refractivity contribution < 1.29 is 9.53 Å². The zero-order valence-electron chi connectivity index (χ0n) is 10.0. The fourth-order valence-corrected chi connectivity index (χ4v) is 1.57. The second-order valence-corrected chi connectivity index (χ2v) is 3.68. The molecule has 1 atom stereocenters. The van der Waals surface area contributed by atoms with Crippen molar-refractivity contribution in [3.05, 3.63) is 60.3 Å². The van der Waals surface area contributed by atoms with E-state index in [1.54, 1.807) is 12.3 Å². The Balaban J connectivity index is 2.17. The van der Waals surface area contributed by atoms with Crippen LogP contribution in [0.1, 0.15) is 5.56 Å². The molecule has 0 N–H and O–H groups in total. The highest BCUT2D eigenvalue weighted by molar-refractivity contribution is 5.70. The summed E-state index contributed by atoms with van der Waals surface area (Å²) < 4.78 is 4.71. The maximum atomic E-state index is 11.5. The monoisotopic (exact) mass is 239 g/mol. The van der Waals surface area contributed by atoms with Crippen LogP contribution in [-0.2, 0) is 4.74 Å². The molecule has 0 radical (unpaired) electrons. The van der Waals surface area contributed by atoms with Crippen LogP contribution in [0.15, 0.2) is 54.8 Å². The van der Waals surface area contributed by atoms with Gasteiger partial charge in [0, 0.05) is 11.8 Å². The summed E-state index contributed by atoms with van der Waals surface area (Å²) in [6.07, 6.45) is 6.74. The Labute approximate surface area is 106 Å². The first-order valence-corrected chi connectivity index (χ1v) is 5.59. The summed E-state index contributed by atoms with van der Waals surface area (Å²) in [5, 5.41) is 0. The van der Waals surface area contributed by atoms with Gasteiger partial charge in [-0.2, -0.15) is 0 Å². The van der Waals surface area contributed by atoms with Crippen molar-refractivity contribution in [1.82, 2.24) is 4.90 Å². The van der Waals surface area contributed by atoms with E-state index in [0.717, 1.165) is 5.56 Å². The van der Waals surface area contributed by atoms with E-state index in [-0.39, 0.29) is 6.04 Å². The molecule has 1 amide bonds. The van der Waals surface area contributed by atoms with Crippen molar-refractivity contribution in [2.45, 2.75) is 6.04 Å². The zero-order chi connectivity index (χ0) is 12.8. The Kier molecular flexibility index (Phi) is 3.83. The smallest absolute Gasteiger partial charge is 0.414 e. The average Bonchev–Trinajstić information content (AvgIpc) is 2.45. The third-order valence-corrected chi connectivity index (χ3v) is 2.47. The summed E-state index contributed by atoms with van der Waals surface area (Å²) >= 11 is 0.